The Bertz CT molecular complexity index is 1610. The molecule has 2 aliphatic heterocycles. The number of nitrogens with zero attached hydrogens (tertiary/aromatic N) is 2. The minimum atomic E-state index is -1.17. The average Bonchev–Trinajstić information content (AvgIpc) is 3.41. The second-order valence-corrected chi connectivity index (χ2v) is 9.52. The van der Waals surface area contributed by atoms with E-state index >= 15 is 0 Å². The lowest BCUT2D eigenvalue weighted by molar-refractivity contribution is -0.125. The Morgan fingerprint density at radius 1 is 0.974 bits per heavy atom. The average molecular weight is 511 g/mol. The summed E-state index contributed by atoms with van der Waals surface area (Å²) in [6, 6.07) is 18.9. The van der Waals surface area contributed by atoms with Gasteiger partial charge in [-0.25, -0.2) is 9.69 Å². The second kappa shape index (κ2) is 8.65. The van der Waals surface area contributed by atoms with E-state index in [-0.39, 0.29) is 17.8 Å². The molecule has 0 saturated carbocycles. The number of rotatable bonds is 5. The number of fused-ring (bicyclic) bond motifs is 5. The standard InChI is InChI=1S/C29H26N4O5/c1-29-25-22(23-16-21(38-3)11-12-24(23)31-25)13-14-32(29)28(36)33(27(29)35)19-9-7-17(8-10-19)26(34)30-18-5-4-6-20(15-18)37-2/h4-12,15-16,31H,13-14H2,1-3H3,(H,30,34)/t29-/m0/s1. The number of nitrogens with one attached hydrogen (secondary N) is 2. The van der Waals surface area contributed by atoms with Crippen LogP contribution in [0.25, 0.3) is 10.9 Å². The van der Waals surface area contributed by atoms with E-state index in [0.717, 1.165) is 27.9 Å². The van der Waals surface area contributed by atoms with Crippen molar-refractivity contribution < 1.29 is 23.9 Å². The van der Waals surface area contributed by atoms with Crippen LogP contribution in [0.5, 0.6) is 11.5 Å². The zero-order valence-electron chi connectivity index (χ0n) is 21.2. The van der Waals surface area contributed by atoms with Gasteiger partial charge in [0.25, 0.3) is 11.8 Å². The molecule has 1 aromatic heterocycles. The van der Waals surface area contributed by atoms with Crippen LogP contribution in [0.15, 0.2) is 66.7 Å². The first-order valence-corrected chi connectivity index (χ1v) is 12.3. The van der Waals surface area contributed by atoms with E-state index in [9.17, 15) is 14.4 Å². The molecule has 1 fully saturated rings. The first-order chi connectivity index (χ1) is 18.3. The Morgan fingerprint density at radius 2 is 1.71 bits per heavy atom. The number of carbonyl (C=O) groups excluding carboxylic acids is 3. The summed E-state index contributed by atoms with van der Waals surface area (Å²) in [4.78, 5) is 46.4. The van der Waals surface area contributed by atoms with Gasteiger partial charge in [-0.1, -0.05) is 6.07 Å². The normalized spacial score (nSPS) is 18.4. The van der Waals surface area contributed by atoms with Crippen molar-refractivity contribution in [1.29, 1.82) is 0 Å². The summed E-state index contributed by atoms with van der Waals surface area (Å²) < 4.78 is 10.6. The van der Waals surface area contributed by atoms with Gasteiger partial charge < -0.3 is 24.7 Å². The van der Waals surface area contributed by atoms with Gasteiger partial charge in [0, 0.05) is 34.8 Å². The van der Waals surface area contributed by atoms with Gasteiger partial charge in [-0.05, 0) is 73.5 Å². The van der Waals surface area contributed by atoms with E-state index in [1.54, 1.807) is 74.6 Å². The monoisotopic (exact) mass is 510 g/mol. The number of anilines is 2. The van der Waals surface area contributed by atoms with Crippen LogP contribution in [0.3, 0.4) is 0 Å². The molecular weight excluding hydrogens is 484 g/mol. The summed E-state index contributed by atoms with van der Waals surface area (Å²) in [6.07, 6.45) is 0.619. The topological polar surface area (TPSA) is 104 Å². The van der Waals surface area contributed by atoms with Crippen molar-refractivity contribution in [2.75, 3.05) is 31.0 Å². The van der Waals surface area contributed by atoms with Gasteiger partial charge in [0.2, 0.25) is 0 Å². The number of hydrogen-bond donors (Lipinski definition) is 2. The summed E-state index contributed by atoms with van der Waals surface area (Å²) in [5, 5.41) is 3.82. The molecule has 0 spiro atoms. The molecule has 1 saturated heterocycles. The molecule has 0 radical (unpaired) electrons. The van der Waals surface area contributed by atoms with Gasteiger partial charge in [0.1, 0.15) is 11.5 Å². The van der Waals surface area contributed by atoms with Crippen LogP contribution in [0.2, 0.25) is 0 Å². The third-order valence-corrected chi connectivity index (χ3v) is 7.48. The summed E-state index contributed by atoms with van der Waals surface area (Å²) >= 11 is 0. The minimum Gasteiger partial charge on any atom is -0.497 e. The second-order valence-electron chi connectivity index (χ2n) is 9.52. The van der Waals surface area contributed by atoms with Gasteiger partial charge in [0.15, 0.2) is 5.54 Å². The molecule has 0 unspecified atom stereocenters. The van der Waals surface area contributed by atoms with Crippen LogP contribution in [0.1, 0.15) is 28.5 Å². The number of imide groups is 1. The summed E-state index contributed by atoms with van der Waals surface area (Å²) in [7, 11) is 3.18. The third-order valence-electron chi connectivity index (χ3n) is 7.48. The number of aromatic amines is 1. The molecule has 9 heteroatoms. The Balaban J connectivity index is 1.29. The highest BCUT2D eigenvalue weighted by atomic mass is 16.5. The predicted molar refractivity (Wildman–Crippen MR) is 143 cm³/mol. The molecule has 2 aliphatic rings. The quantitative estimate of drug-likeness (QED) is 0.380. The maximum Gasteiger partial charge on any atom is 0.332 e. The number of methoxy groups -OCH3 is 2. The van der Waals surface area contributed by atoms with Crippen molar-refractivity contribution in [3.8, 4) is 11.5 Å². The lowest BCUT2D eigenvalue weighted by Crippen LogP contribution is -2.49. The number of benzene rings is 3. The van der Waals surface area contributed by atoms with Gasteiger partial charge in [-0.3, -0.25) is 9.59 Å². The van der Waals surface area contributed by atoms with Crippen LogP contribution in [-0.2, 0) is 16.8 Å². The van der Waals surface area contributed by atoms with Crippen molar-refractivity contribution in [3.05, 3.63) is 83.6 Å². The number of carbonyl (C=O) groups is 3. The van der Waals surface area contributed by atoms with Crippen LogP contribution in [0, 0.1) is 0 Å². The Hall–Kier alpha value is -4.79. The van der Waals surface area contributed by atoms with Crippen LogP contribution < -0.4 is 19.7 Å². The largest absolute Gasteiger partial charge is 0.497 e. The highest BCUT2D eigenvalue weighted by Crippen LogP contribution is 2.45. The van der Waals surface area contributed by atoms with Crippen molar-refractivity contribution in [2.45, 2.75) is 18.9 Å². The number of ether oxygens (including phenoxy) is 2. The highest BCUT2D eigenvalue weighted by molar-refractivity contribution is 6.23. The first kappa shape index (κ1) is 23.6. The fraction of sp³-hybridized carbons (Fsp3) is 0.207. The molecule has 192 valence electrons. The van der Waals surface area contributed by atoms with Gasteiger partial charge in [-0.2, -0.15) is 0 Å². The summed E-state index contributed by atoms with van der Waals surface area (Å²) in [6.45, 7) is 2.20. The van der Waals surface area contributed by atoms with E-state index in [1.807, 2.05) is 18.2 Å². The molecule has 4 amide bonds. The third kappa shape index (κ3) is 3.42. The smallest absolute Gasteiger partial charge is 0.332 e. The van der Waals surface area contributed by atoms with Gasteiger partial charge in [0.05, 0.1) is 25.6 Å². The molecular formula is C29H26N4O5. The fourth-order valence-electron chi connectivity index (χ4n) is 5.44. The molecule has 1 atom stereocenters. The van der Waals surface area contributed by atoms with Crippen molar-refractivity contribution >= 4 is 40.1 Å². The fourth-order valence-corrected chi connectivity index (χ4v) is 5.44. The first-order valence-electron chi connectivity index (χ1n) is 12.3. The van der Waals surface area contributed by atoms with Gasteiger partial charge in [-0.15, -0.1) is 0 Å². The number of hydrogen-bond acceptors (Lipinski definition) is 5. The van der Waals surface area contributed by atoms with E-state index in [2.05, 4.69) is 10.3 Å². The van der Waals surface area contributed by atoms with E-state index in [1.165, 1.54) is 4.90 Å². The number of urea groups is 1. The number of amides is 4. The van der Waals surface area contributed by atoms with E-state index in [4.69, 9.17) is 9.47 Å². The Kier molecular flexibility index (Phi) is 5.37. The van der Waals surface area contributed by atoms with Crippen molar-refractivity contribution in [2.24, 2.45) is 0 Å². The zero-order valence-corrected chi connectivity index (χ0v) is 21.2. The molecule has 0 aliphatic carbocycles. The van der Waals surface area contributed by atoms with Crippen LogP contribution in [-0.4, -0.2) is 48.5 Å². The Labute approximate surface area is 218 Å². The maximum absolute atomic E-state index is 13.9. The molecule has 2 N–H and O–H groups in total. The lowest BCUT2D eigenvalue weighted by atomic mass is 9.87. The van der Waals surface area contributed by atoms with Crippen molar-refractivity contribution in [3.63, 3.8) is 0 Å². The van der Waals surface area contributed by atoms with E-state index < -0.39 is 5.54 Å². The molecule has 3 heterocycles. The lowest BCUT2D eigenvalue weighted by Gasteiger charge is -2.35. The van der Waals surface area contributed by atoms with Crippen LogP contribution >= 0.6 is 0 Å². The summed E-state index contributed by atoms with van der Waals surface area (Å²) in [5.74, 6) is 0.714. The zero-order chi connectivity index (χ0) is 26.6. The molecule has 4 aromatic rings. The molecule has 38 heavy (non-hydrogen) atoms. The molecule has 9 nitrogen and oxygen atoms in total. The molecule has 0 bridgehead atoms. The molecule has 3 aromatic carbocycles. The number of H-pyrrole nitrogens is 1. The predicted octanol–water partition coefficient (Wildman–Crippen LogP) is 4.68. The number of aromatic nitrogens is 1. The molecule has 6 rings (SSSR count). The highest BCUT2D eigenvalue weighted by Gasteiger charge is 2.59. The SMILES string of the molecule is COc1cccc(NC(=O)c2ccc(N3C(=O)N4CCc5c([nH]c6ccc(OC)cc56)[C@@]4(C)C3=O)cc2)c1. The van der Waals surface area contributed by atoms with Crippen molar-refractivity contribution in [1.82, 2.24) is 9.88 Å². The maximum atomic E-state index is 13.9. The Morgan fingerprint density at radius 3 is 2.45 bits per heavy atom. The summed E-state index contributed by atoms with van der Waals surface area (Å²) in [5.41, 5.74) is 2.87. The van der Waals surface area contributed by atoms with Crippen LogP contribution in [0.4, 0.5) is 16.2 Å². The van der Waals surface area contributed by atoms with E-state index in [0.29, 0.717) is 35.7 Å². The minimum absolute atomic E-state index is 0.314. The van der Waals surface area contributed by atoms with Gasteiger partial charge >= 0.3 is 6.03 Å².